The van der Waals surface area contributed by atoms with E-state index in [1.807, 2.05) is 0 Å². The van der Waals surface area contributed by atoms with Gasteiger partial charge < -0.3 is 5.11 Å². The van der Waals surface area contributed by atoms with Crippen LogP contribution >= 0.6 is 0 Å². The van der Waals surface area contributed by atoms with Crippen molar-refractivity contribution >= 4 is 5.65 Å². The predicted molar refractivity (Wildman–Crippen MR) is 43.1 cm³/mol. The van der Waals surface area contributed by atoms with Gasteiger partial charge in [-0.2, -0.15) is 4.98 Å². The third-order valence-corrected chi connectivity index (χ3v) is 1.56. The van der Waals surface area contributed by atoms with E-state index in [1.54, 1.807) is 24.4 Å². The van der Waals surface area contributed by atoms with Crippen molar-refractivity contribution in [3.8, 4) is 5.88 Å². The number of aromatic nitrogens is 2. The Morgan fingerprint density at radius 2 is 2.25 bits per heavy atom. The van der Waals surface area contributed by atoms with Crippen LogP contribution in [0.3, 0.4) is 0 Å². The Bertz CT molecular complexity index is 476. The molecular weight excluding hydrogens is 156 g/mol. The lowest BCUT2D eigenvalue weighted by Gasteiger charge is -1.99. The second kappa shape index (κ2) is 2.34. The molecule has 0 amide bonds. The molecule has 0 fully saturated rings. The summed E-state index contributed by atoms with van der Waals surface area (Å²) in [6.07, 6.45) is 1.64. The minimum atomic E-state index is -0.432. The first-order valence-electron chi connectivity index (χ1n) is 3.45. The van der Waals surface area contributed by atoms with Crippen LogP contribution in [-0.4, -0.2) is 14.5 Å². The van der Waals surface area contributed by atoms with Crippen LogP contribution in [0.2, 0.25) is 0 Å². The molecule has 2 aromatic heterocycles. The Kier molecular flexibility index (Phi) is 1.33. The van der Waals surface area contributed by atoms with Crippen LogP contribution in [0.25, 0.3) is 5.65 Å². The summed E-state index contributed by atoms with van der Waals surface area (Å²) in [5, 5.41) is 9.28. The van der Waals surface area contributed by atoms with E-state index < -0.39 is 5.56 Å². The Morgan fingerprint density at radius 1 is 1.42 bits per heavy atom. The molecule has 0 atom stereocenters. The van der Waals surface area contributed by atoms with Crippen molar-refractivity contribution in [2.75, 3.05) is 0 Å². The fraction of sp³-hybridized carbons (Fsp3) is 0. The number of hydrogen-bond donors (Lipinski definition) is 1. The lowest BCUT2D eigenvalue weighted by Crippen LogP contribution is -2.07. The van der Waals surface area contributed by atoms with Gasteiger partial charge in [0.2, 0.25) is 5.88 Å². The highest BCUT2D eigenvalue weighted by Crippen LogP contribution is 2.06. The van der Waals surface area contributed by atoms with E-state index in [2.05, 4.69) is 4.98 Å². The molecule has 1 N–H and O–H groups in total. The first-order valence-corrected chi connectivity index (χ1v) is 3.45. The molecule has 0 aliphatic carbocycles. The fourth-order valence-electron chi connectivity index (χ4n) is 1.04. The van der Waals surface area contributed by atoms with Crippen molar-refractivity contribution < 1.29 is 5.11 Å². The molecule has 2 aromatic rings. The van der Waals surface area contributed by atoms with Crippen molar-refractivity contribution in [3.05, 3.63) is 40.8 Å². The standard InChI is InChI=1S/C8H6N2O2/c11-7-5-8(12)10-4-2-1-3-6(10)9-7/h1-5,12H. The van der Waals surface area contributed by atoms with Crippen LogP contribution < -0.4 is 5.56 Å². The number of nitrogens with zero attached hydrogens (tertiary/aromatic N) is 2. The summed E-state index contributed by atoms with van der Waals surface area (Å²) in [4.78, 5) is 14.5. The molecule has 0 aliphatic heterocycles. The summed E-state index contributed by atoms with van der Waals surface area (Å²) >= 11 is 0. The number of pyridine rings is 1. The molecule has 4 heteroatoms. The van der Waals surface area contributed by atoms with Crippen LogP contribution in [-0.2, 0) is 0 Å². The molecular formula is C8H6N2O2. The Morgan fingerprint density at radius 3 is 3.08 bits per heavy atom. The molecule has 12 heavy (non-hydrogen) atoms. The van der Waals surface area contributed by atoms with Crippen LogP contribution in [0.15, 0.2) is 35.3 Å². The van der Waals surface area contributed by atoms with E-state index in [9.17, 15) is 9.90 Å². The van der Waals surface area contributed by atoms with Gasteiger partial charge in [-0.25, -0.2) is 0 Å². The maximum Gasteiger partial charge on any atom is 0.277 e. The number of hydrogen-bond acceptors (Lipinski definition) is 3. The van der Waals surface area contributed by atoms with Gasteiger partial charge in [-0.1, -0.05) is 6.07 Å². The Labute approximate surface area is 67.7 Å². The maximum atomic E-state index is 10.8. The molecule has 0 saturated carbocycles. The minimum absolute atomic E-state index is 0.0920. The van der Waals surface area contributed by atoms with Crippen LogP contribution in [0.5, 0.6) is 5.88 Å². The van der Waals surface area contributed by atoms with Gasteiger partial charge in [0.15, 0.2) is 0 Å². The lowest BCUT2D eigenvalue weighted by molar-refractivity contribution is 0.443. The largest absolute Gasteiger partial charge is 0.494 e. The lowest BCUT2D eigenvalue weighted by atomic mass is 10.4. The van der Waals surface area contributed by atoms with Gasteiger partial charge in [0.1, 0.15) is 5.65 Å². The average Bonchev–Trinajstić information content (AvgIpc) is 2.04. The molecule has 0 aromatic carbocycles. The number of aromatic hydroxyl groups is 1. The van der Waals surface area contributed by atoms with E-state index >= 15 is 0 Å². The van der Waals surface area contributed by atoms with Gasteiger partial charge in [0.05, 0.1) is 6.07 Å². The van der Waals surface area contributed by atoms with Gasteiger partial charge in [0, 0.05) is 6.20 Å². The van der Waals surface area contributed by atoms with Gasteiger partial charge in [-0.3, -0.25) is 9.20 Å². The zero-order chi connectivity index (χ0) is 8.55. The van der Waals surface area contributed by atoms with E-state index in [1.165, 1.54) is 4.40 Å². The molecule has 2 heterocycles. The van der Waals surface area contributed by atoms with Gasteiger partial charge in [0.25, 0.3) is 5.56 Å². The summed E-state index contributed by atoms with van der Waals surface area (Å²) in [6.45, 7) is 0. The molecule has 0 saturated heterocycles. The molecule has 0 bridgehead atoms. The summed E-state index contributed by atoms with van der Waals surface area (Å²) < 4.78 is 1.43. The molecule has 0 spiro atoms. The van der Waals surface area contributed by atoms with Crippen LogP contribution in [0, 0.1) is 0 Å². The fourth-order valence-corrected chi connectivity index (χ4v) is 1.04. The molecule has 0 radical (unpaired) electrons. The van der Waals surface area contributed by atoms with E-state index in [0.717, 1.165) is 6.07 Å². The SMILES string of the molecule is O=c1cc(O)n2ccccc2n1. The zero-order valence-corrected chi connectivity index (χ0v) is 6.14. The summed E-state index contributed by atoms with van der Waals surface area (Å²) in [7, 11) is 0. The highest BCUT2D eigenvalue weighted by molar-refractivity contribution is 5.39. The van der Waals surface area contributed by atoms with Gasteiger partial charge in [-0.15, -0.1) is 0 Å². The normalized spacial score (nSPS) is 10.3. The average molecular weight is 162 g/mol. The second-order valence-electron chi connectivity index (χ2n) is 2.38. The monoisotopic (exact) mass is 162 g/mol. The van der Waals surface area contributed by atoms with Crippen molar-refractivity contribution in [2.45, 2.75) is 0 Å². The van der Waals surface area contributed by atoms with E-state index in [0.29, 0.717) is 5.65 Å². The van der Waals surface area contributed by atoms with E-state index in [4.69, 9.17) is 0 Å². The van der Waals surface area contributed by atoms with E-state index in [-0.39, 0.29) is 5.88 Å². The zero-order valence-electron chi connectivity index (χ0n) is 6.14. The third kappa shape index (κ3) is 0.934. The predicted octanol–water partition coefficient (Wildman–Crippen LogP) is 0.400. The molecule has 4 nitrogen and oxygen atoms in total. The molecule has 60 valence electrons. The topological polar surface area (TPSA) is 54.6 Å². The first-order chi connectivity index (χ1) is 5.77. The summed E-state index contributed by atoms with van der Waals surface area (Å²) in [5.74, 6) is -0.0920. The Balaban J connectivity index is 2.99. The number of rotatable bonds is 0. The molecule has 0 unspecified atom stereocenters. The number of fused-ring (bicyclic) bond motifs is 1. The van der Waals surface area contributed by atoms with Crippen molar-refractivity contribution in [1.82, 2.24) is 9.38 Å². The van der Waals surface area contributed by atoms with Crippen molar-refractivity contribution in [1.29, 1.82) is 0 Å². The van der Waals surface area contributed by atoms with Gasteiger partial charge in [-0.05, 0) is 12.1 Å². The third-order valence-electron chi connectivity index (χ3n) is 1.56. The smallest absolute Gasteiger partial charge is 0.277 e. The summed E-state index contributed by atoms with van der Waals surface area (Å²) in [6, 6.07) is 6.23. The molecule has 0 aliphatic rings. The van der Waals surface area contributed by atoms with Crippen molar-refractivity contribution in [2.24, 2.45) is 0 Å². The summed E-state index contributed by atoms with van der Waals surface area (Å²) in [5.41, 5.74) is 0.0150. The first kappa shape index (κ1) is 6.84. The van der Waals surface area contributed by atoms with Crippen LogP contribution in [0.4, 0.5) is 0 Å². The Hall–Kier alpha value is -1.84. The molecule has 2 rings (SSSR count). The van der Waals surface area contributed by atoms with Crippen LogP contribution in [0.1, 0.15) is 0 Å². The highest BCUT2D eigenvalue weighted by Gasteiger charge is 1.97. The van der Waals surface area contributed by atoms with Gasteiger partial charge >= 0.3 is 0 Å². The minimum Gasteiger partial charge on any atom is -0.494 e. The maximum absolute atomic E-state index is 10.8. The van der Waals surface area contributed by atoms with Crippen molar-refractivity contribution in [3.63, 3.8) is 0 Å². The second-order valence-corrected chi connectivity index (χ2v) is 2.38. The highest BCUT2D eigenvalue weighted by atomic mass is 16.3. The quantitative estimate of drug-likeness (QED) is 0.610.